The van der Waals surface area contributed by atoms with Crippen molar-refractivity contribution in [1.82, 2.24) is 4.57 Å². The van der Waals surface area contributed by atoms with Crippen molar-refractivity contribution in [2.24, 2.45) is 5.92 Å². The Labute approximate surface area is 183 Å². The van der Waals surface area contributed by atoms with Crippen LogP contribution in [-0.4, -0.2) is 26.7 Å². The predicted molar refractivity (Wildman–Crippen MR) is 117 cm³/mol. The average molecular weight is 446 g/mol. The second-order valence-electron chi connectivity index (χ2n) is 7.89. The summed E-state index contributed by atoms with van der Waals surface area (Å²) in [5, 5.41) is 21.2. The first-order valence-corrected chi connectivity index (χ1v) is 10.6. The number of aromatic hydroxyl groups is 1. The Bertz CT molecular complexity index is 1160. The van der Waals surface area contributed by atoms with E-state index < -0.39 is 11.9 Å². The van der Waals surface area contributed by atoms with Gasteiger partial charge in [0.05, 0.1) is 21.5 Å². The third-order valence-corrected chi connectivity index (χ3v) is 6.79. The van der Waals surface area contributed by atoms with Gasteiger partial charge in [0.15, 0.2) is 0 Å². The lowest BCUT2D eigenvalue weighted by atomic mass is 9.77. The molecule has 1 unspecified atom stereocenters. The number of phenolic OH excluding ortho intramolecular Hbond substituents is 1. The summed E-state index contributed by atoms with van der Waals surface area (Å²) < 4.78 is 1.50. The minimum atomic E-state index is -0.922. The number of hydrogen-bond acceptors (Lipinski definition) is 3. The molecule has 0 radical (unpaired) electrons. The number of benzene rings is 2. The van der Waals surface area contributed by atoms with Gasteiger partial charge in [-0.25, -0.2) is 0 Å². The standard InChI is InChI=1S/C23H21Cl2NO4/c1-12-21(17(23(29)30)9-13-3-2-4-13)16-11-15(27)6-8-20(16)26(12)22(28)14-5-7-18(24)19(25)10-14/h5-8,10-11,13,17,27H,2-4,9H2,1H3,(H,29,30). The summed E-state index contributed by atoms with van der Waals surface area (Å²) in [7, 11) is 0. The van der Waals surface area contributed by atoms with Gasteiger partial charge in [0.25, 0.3) is 5.91 Å². The first-order valence-electron chi connectivity index (χ1n) is 9.84. The summed E-state index contributed by atoms with van der Waals surface area (Å²) >= 11 is 12.1. The molecule has 4 rings (SSSR count). The molecule has 0 spiro atoms. The Hall–Kier alpha value is -2.50. The number of carboxylic acid groups (broad SMARTS) is 1. The van der Waals surface area contributed by atoms with Crippen molar-refractivity contribution in [3.05, 3.63) is 63.3 Å². The summed E-state index contributed by atoms with van der Waals surface area (Å²) in [6.45, 7) is 1.75. The van der Waals surface area contributed by atoms with Gasteiger partial charge >= 0.3 is 5.97 Å². The number of carbonyl (C=O) groups is 2. The zero-order chi connectivity index (χ0) is 21.6. The van der Waals surface area contributed by atoms with Crippen LogP contribution in [0.25, 0.3) is 10.9 Å². The minimum Gasteiger partial charge on any atom is -0.508 e. The number of carboxylic acids is 1. The zero-order valence-electron chi connectivity index (χ0n) is 16.4. The Morgan fingerprint density at radius 3 is 2.47 bits per heavy atom. The lowest BCUT2D eigenvalue weighted by Crippen LogP contribution is -2.21. The maximum absolute atomic E-state index is 13.4. The van der Waals surface area contributed by atoms with Crippen molar-refractivity contribution in [2.75, 3.05) is 0 Å². The van der Waals surface area contributed by atoms with E-state index in [0.717, 1.165) is 19.3 Å². The molecule has 0 saturated heterocycles. The van der Waals surface area contributed by atoms with Gasteiger partial charge in [-0.1, -0.05) is 42.5 Å². The average Bonchev–Trinajstić information content (AvgIpc) is 2.93. The van der Waals surface area contributed by atoms with E-state index in [0.29, 0.717) is 45.1 Å². The van der Waals surface area contributed by atoms with Gasteiger partial charge in [0, 0.05) is 16.6 Å². The summed E-state index contributed by atoms with van der Waals surface area (Å²) in [6.07, 6.45) is 3.68. The lowest BCUT2D eigenvalue weighted by molar-refractivity contribution is -0.139. The Morgan fingerprint density at radius 1 is 1.13 bits per heavy atom. The summed E-state index contributed by atoms with van der Waals surface area (Å²) in [5.74, 6) is -1.61. The van der Waals surface area contributed by atoms with Crippen molar-refractivity contribution in [3.63, 3.8) is 0 Å². The van der Waals surface area contributed by atoms with Crippen LogP contribution in [0.3, 0.4) is 0 Å². The number of hydrogen-bond donors (Lipinski definition) is 2. The van der Waals surface area contributed by atoms with Crippen LogP contribution in [0.4, 0.5) is 0 Å². The monoisotopic (exact) mass is 445 g/mol. The van der Waals surface area contributed by atoms with Gasteiger partial charge in [0.1, 0.15) is 5.75 Å². The lowest BCUT2D eigenvalue weighted by Gasteiger charge is -2.28. The third kappa shape index (κ3) is 3.57. The van der Waals surface area contributed by atoms with Gasteiger partial charge in [-0.2, -0.15) is 0 Å². The fourth-order valence-electron chi connectivity index (χ4n) is 4.29. The molecule has 1 aliphatic carbocycles. The summed E-state index contributed by atoms with van der Waals surface area (Å²) in [6, 6.07) is 9.31. The van der Waals surface area contributed by atoms with E-state index in [4.69, 9.17) is 23.2 Å². The zero-order valence-corrected chi connectivity index (χ0v) is 17.9. The highest BCUT2D eigenvalue weighted by molar-refractivity contribution is 6.42. The van der Waals surface area contributed by atoms with E-state index in [1.807, 2.05) is 0 Å². The van der Waals surface area contributed by atoms with E-state index in [1.54, 1.807) is 25.1 Å². The molecule has 7 heteroatoms. The molecule has 5 nitrogen and oxygen atoms in total. The number of nitrogens with zero attached hydrogens (tertiary/aromatic N) is 1. The molecule has 1 heterocycles. The van der Waals surface area contributed by atoms with Crippen molar-refractivity contribution < 1.29 is 19.8 Å². The van der Waals surface area contributed by atoms with Gasteiger partial charge in [-0.15, -0.1) is 0 Å². The Balaban J connectivity index is 1.90. The van der Waals surface area contributed by atoms with E-state index in [9.17, 15) is 19.8 Å². The molecule has 3 aromatic rings. The molecule has 2 aromatic carbocycles. The molecule has 30 heavy (non-hydrogen) atoms. The van der Waals surface area contributed by atoms with Crippen LogP contribution < -0.4 is 0 Å². The van der Waals surface area contributed by atoms with Gasteiger partial charge in [-0.3, -0.25) is 14.2 Å². The fraction of sp³-hybridized carbons (Fsp3) is 0.304. The van der Waals surface area contributed by atoms with Crippen LogP contribution in [0.2, 0.25) is 10.0 Å². The van der Waals surface area contributed by atoms with Crippen LogP contribution in [-0.2, 0) is 4.79 Å². The molecule has 1 atom stereocenters. The van der Waals surface area contributed by atoms with Crippen molar-refractivity contribution in [3.8, 4) is 5.75 Å². The number of rotatable bonds is 5. The van der Waals surface area contributed by atoms with E-state index in [1.165, 1.54) is 22.8 Å². The highest BCUT2D eigenvalue weighted by Crippen LogP contribution is 2.41. The van der Waals surface area contributed by atoms with E-state index in [-0.39, 0.29) is 16.7 Å². The first kappa shape index (κ1) is 20.8. The number of aromatic nitrogens is 1. The Kier molecular flexibility index (Phi) is 5.51. The normalized spacial score (nSPS) is 15.2. The molecule has 156 valence electrons. The highest BCUT2D eigenvalue weighted by atomic mass is 35.5. The van der Waals surface area contributed by atoms with E-state index >= 15 is 0 Å². The number of phenols is 1. The quantitative estimate of drug-likeness (QED) is 0.503. The van der Waals surface area contributed by atoms with Crippen LogP contribution >= 0.6 is 23.2 Å². The highest BCUT2D eigenvalue weighted by Gasteiger charge is 2.33. The topological polar surface area (TPSA) is 79.5 Å². The SMILES string of the molecule is Cc1c(C(CC2CCC2)C(=O)O)c2cc(O)ccc2n1C(=O)c1ccc(Cl)c(Cl)c1. The maximum Gasteiger partial charge on any atom is 0.311 e. The van der Waals surface area contributed by atoms with Crippen LogP contribution in [0, 0.1) is 12.8 Å². The molecule has 0 bridgehead atoms. The summed E-state index contributed by atoms with van der Waals surface area (Å²) in [4.78, 5) is 25.6. The van der Waals surface area contributed by atoms with Crippen molar-refractivity contribution in [1.29, 1.82) is 0 Å². The van der Waals surface area contributed by atoms with Crippen LogP contribution in [0.5, 0.6) is 5.75 Å². The third-order valence-electron chi connectivity index (χ3n) is 6.05. The maximum atomic E-state index is 13.4. The molecule has 0 aliphatic heterocycles. The molecular formula is C23H21Cl2NO4. The van der Waals surface area contributed by atoms with Crippen molar-refractivity contribution in [2.45, 2.75) is 38.5 Å². The molecule has 1 aromatic heterocycles. The second kappa shape index (κ2) is 7.97. The van der Waals surface area contributed by atoms with Gasteiger partial charge in [0.2, 0.25) is 0 Å². The molecule has 2 N–H and O–H groups in total. The number of halogens is 2. The molecule has 1 saturated carbocycles. The predicted octanol–water partition coefficient (Wildman–Crippen LogP) is 6.01. The Morgan fingerprint density at radius 2 is 1.87 bits per heavy atom. The second-order valence-corrected chi connectivity index (χ2v) is 8.71. The largest absolute Gasteiger partial charge is 0.508 e. The smallest absolute Gasteiger partial charge is 0.311 e. The number of fused-ring (bicyclic) bond motifs is 1. The summed E-state index contributed by atoms with van der Waals surface area (Å²) in [5.41, 5.74) is 2.03. The number of aliphatic carboxylic acids is 1. The number of carbonyl (C=O) groups excluding carboxylic acids is 1. The molecular weight excluding hydrogens is 425 g/mol. The minimum absolute atomic E-state index is 0.0238. The molecule has 1 fully saturated rings. The van der Waals surface area contributed by atoms with Gasteiger partial charge in [-0.05, 0) is 61.2 Å². The fourth-order valence-corrected chi connectivity index (χ4v) is 4.59. The van der Waals surface area contributed by atoms with E-state index in [2.05, 4.69) is 0 Å². The van der Waals surface area contributed by atoms with Crippen LogP contribution in [0.15, 0.2) is 36.4 Å². The van der Waals surface area contributed by atoms with Crippen LogP contribution in [0.1, 0.15) is 53.2 Å². The molecule has 1 aliphatic rings. The van der Waals surface area contributed by atoms with Gasteiger partial charge < -0.3 is 10.2 Å². The first-order chi connectivity index (χ1) is 14.3. The van der Waals surface area contributed by atoms with Crippen molar-refractivity contribution >= 4 is 46.0 Å². The molecule has 0 amide bonds.